The van der Waals surface area contributed by atoms with Crippen molar-refractivity contribution in [2.45, 2.75) is 102 Å². The van der Waals surface area contributed by atoms with E-state index in [1.807, 2.05) is 24.3 Å². The maximum absolute atomic E-state index is 12.7. The van der Waals surface area contributed by atoms with E-state index in [4.69, 9.17) is 0 Å². The summed E-state index contributed by atoms with van der Waals surface area (Å²) in [5.41, 5.74) is 2.01. The number of hydrogen-bond donors (Lipinski definition) is 4. The molecule has 0 bridgehead atoms. The topological polar surface area (TPSA) is 82.3 Å². The zero-order chi connectivity index (χ0) is 25.4. The average molecular weight is 491 g/mol. The van der Waals surface area contributed by atoms with Crippen molar-refractivity contribution >= 4 is 12.1 Å². The molecule has 4 amide bonds. The van der Waals surface area contributed by atoms with Crippen LogP contribution in [0.25, 0.3) is 0 Å². The van der Waals surface area contributed by atoms with E-state index in [2.05, 4.69) is 59.4 Å². The second kappa shape index (κ2) is 11.8. The van der Waals surface area contributed by atoms with Gasteiger partial charge < -0.3 is 21.3 Å². The normalized spacial score (nSPS) is 22.5. The number of unbranched alkanes of at least 4 members (excludes halogenated alkanes) is 8. The number of carbonyl (C=O) groups excluding carboxylic acids is 2. The predicted octanol–water partition coefficient (Wildman–Crippen LogP) is 6.34. The Morgan fingerprint density at radius 1 is 0.500 bits per heavy atom. The minimum atomic E-state index is -1.11. The van der Waals surface area contributed by atoms with Gasteiger partial charge in [0.15, 0.2) is 11.3 Å². The second-order valence-electron chi connectivity index (χ2n) is 10.4. The van der Waals surface area contributed by atoms with Crippen molar-refractivity contribution in [3.63, 3.8) is 0 Å². The molecule has 0 atom stereocenters. The van der Waals surface area contributed by atoms with Gasteiger partial charge in [0.25, 0.3) is 0 Å². The minimum Gasteiger partial charge on any atom is -0.307 e. The van der Waals surface area contributed by atoms with Crippen LogP contribution in [-0.4, -0.2) is 12.1 Å². The minimum absolute atomic E-state index is 0.317. The fourth-order valence-electron chi connectivity index (χ4n) is 5.61. The molecule has 2 aromatic rings. The molecule has 6 nitrogen and oxygen atoms in total. The van der Waals surface area contributed by atoms with E-state index in [9.17, 15) is 9.59 Å². The molecule has 2 aliphatic heterocycles. The first-order valence-electron chi connectivity index (χ1n) is 13.9. The van der Waals surface area contributed by atoms with Gasteiger partial charge in [-0.3, -0.25) is 0 Å². The van der Waals surface area contributed by atoms with E-state index in [1.54, 1.807) is 0 Å². The van der Waals surface area contributed by atoms with E-state index in [1.165, 1.54) is 75.3 Å². The van der Waals surface area contributed by atoms with Crippen LogP contribution >= 0.6 is 0 Å². The van der Waals surface area contributed by atoms with Crippen molar-refractivity contribution in [1.29, 1.82) is 0 Å². The molecule has 2 aromatic carbocycles. The number of amides is 4. The molecular formula is C30H42N4O2. The lowest BCUT2D eigenvalue weighted by atomic mass is 9.82. The van der Waals surface area contributed by atoms with Crippen LogP contribution in [-0.2, 0) is 24.2 Å². The van der Waals surface area contributed by atoms with Crippen molar-refractivity contribution in [1.82, 2.24) is 21.3 Å². The fourth-order valence-corrected chi connectivity index (χ4v) is 5.61. The quantitative estimate of drug-likeness (QED) is 0.233. The number of nitrogens with one attached hydrogen (secondary N) is 4. The van der Waals surface area contributed by atoms with Gasteiger partial charge in [-0.15, -0.1) is 0 Å². The standard InChI is InChI=1S/C30H42N4O2/c1-3-5-7-9-11-13-23-15-19-25(20-16-23)29-30(33-27(35)31-29,34-28(36)32-29)26-21-17-24(18-22-26)14-12-10-8-6-4-2/h15-22H,3-14H2,1-2H3,(H2,31,33,35)(H2,32,34,36). The monoisotopic (exact) mass is 490 g/mol. The Morgan fingerprint density at radius 3 is 1.17 bits per heavy atom. The van der Waals surface area contributed by atoms with E-state index in [0.717, 1.165) is 24.0 Å². The summed E-state index contributed by atoms with van der Waals surface area (Å²) in [7, 11) is 0. The molecular weight excluding hydrogens is 448 g/mol. The molecule has 194 valence electrons. The second-order valence-corrected chi connectivity index (χ2v) is 10.4. The van der Waals surface area contributed by atoms with E-state index in [-0.39, 0.29) is 12.1 Å². The molecule has 4 rings (SSSR count). The lowest BCUT2D eigenvalue weighted by Crippen LogP contribution is -2.60. The number of hydrogen-bond acceptors (Lipinski definition) is 2. The van der Waals surface area contributed by atoms with Crippen molar-refractivity contribution in [2.75, 3.05) is 0 Å². The smallest absolute Gasteiger partial charge is 0.307 e. The van der Waals surface area contributed by atoms with Crippen LogP contribution in [0.2, 0.25) is 0 Å². The third-order valence-electron chi connectivity index (χ3n) is 7.68. The van der Waals surface area contributed by atoms with Gasteiger partial charge in [-0.25, -0.2) is 9.59 Å². The maximum atomic E-state index is 12.7. The van der Waals surface area contributed by atoms with Crippen LogP contribution in [0.4, 0.5) is 9.59 Å². The molecule has 0 aromatic heterocycles. The molecule has 2 saturated heterocycles. The van der Waals surface area contributed by atoms with Crippen molar-refractivity contribution in [3.05, 3.63) is 70.8 Å². The van der Waals surface area contributed by atoms with E-state index < -0.39 is 11.3 Å². The Hall–Kier alpha value is -3.02. The van der Waals surface area contributed by atoms with Gasteiger partial charge in [-0.2, -0.15) is 0 Å². The summed E-state index contributed by atoms with van der Waals surface area (Å²) in [6.07, 6.45) is 14.6. The third-order valence-corrected chi connectivity index (χ3v) is 7.68. The van der Waals surface area contributed by atoms with Gasteiger partial charge in [0.2, 0.25) is 0 Å². The van der Waals surface area contributed by atoms with E-state index in [0.29, 0.717) is 0 Å². The molecule has 2 aliphatic rings. The Morgan fingerprint density at radius 2 is 0.833 bits per heavy atom. The number of aryl methyl sites for hydroxylation is 2. The lowest BCUT2D eigenvalue weighted by molar-refractivity contribution is 0.208. The molecule has 4 N–H and O–H groups in total. The summed E-state index contributed by atoms with van der Waals surface area (Å²) in [6, 6.07) is 15.9. The van der Waals surface area contributed by atoms with Crippen LogP contribution in [0.1, 0.15) is 100 Å². The largest absolute Gasteiger partial charge is 0.319 e. The molecule has 0 saturated carbocycles. The molecule has 0 spiro atoms. The Bertz CT molecular complexity index is 917. The zero-order valence-electron chi connectivity index (χ0n) is 21.9. The highest BCUT2D eigenvalue weighted by Crippen LogP contribution is 2.43. The first-order valence-corrected chi connectivity index (χ1v) is 13.9. The highest BCUT2D eigenvalue weighted by Gasteiger charge is 2.66. The summed E-state index contributed by atoms with van der Waals surface area (Å²) >= 11 is 0. The van der Waals surface area contributed by atoms with Crippen LogP contribution in [0, 0.1) is 0 Å². The molecule has 0 radical (unpaired) electrons. The number of rotatable bonds is 14. The Kier molecular flexibility index (Phi) is 8.55. The van der Waals surface area contributed by atoms with Crippen molar-refractivity contribution in [2.24, 2.45) is 0 Å². The number of benzene rings is 2. The first kappa shape index (κ1) is 26.1. The number of fused-ring (bicyclic) bond motifs is 1. The first-order chi connectivity index (χ1) is 17.5. The summed E-state index contributed by atoms with van der Waals surface area (Å²) in [5, 5.41) is 12.1. The summed E-state index contributed by atoms with van der Waals surface area (Å²) in [4.78, 5) is 25.4. The van der Waals surface area contributed by atoms with Crippen molar-refractivity contribution in [3.8, 4) is 0 Å². The molecule has 6 heteroatoms. The van der Waals surface area contributed by atoms with Gasteiger partial charge in [0.1, 0.15) is 0 Å². The van der Waals surface area contributed by atoms with Gasteiger partial charge in [-0.1, -0.05) is 114 Å². The predicted molar refractivity (Wildman–Crippen MR) is 145 cm³/mol. The van der Waals surface area contributed by atoms with Gasteiger partial charge >= 0.3 is 12.1 Å². The van der Waals surface area contributed by atoms with Crippen LogP contribution < -0.4 is 21.3 Å². The molecule has 0 unspecified atom stereocenters. The van der Waals surface area contributed by atoms with Crippen molar-refractivity contribution < 1.29 is 9.59 Å². The SMILES string of the molecule is CCCCCCCc1ccc(C23NC(=O)NC2(c2ccc(CCCCCCC)cc2)NC(=O)N3)cc1. The number of carbonyl (C=O) groups is 2. The fraction of sp³-hybridized carbons (Fsp3) is 0.533. The zero-order valence-corrected chi connectivity index (χ0v) is 21.9. The summed E-state index contributed by atoms with van der Waals surface area (Å²) in [5.74, 6) is 0. The average Bonchev–Trinajstić information content (AvgIpc) is 3.32. The van der Waals surface area contributed by atoms with Gasteiger partial charge in [0, 0.05) is 11.1 Å². The highest BCUT2D eigenvalue weighted by atomic mass is 16.2. The summed E-state index contributed by atoms with van der Waals surface area (Å²) < 4.78 is 0. The molecule has 2 heterocycles. The van der Waals surface area contributed by atoms with Crippen LogP contribution in [0.3, 0.4) is 0 Å². The maximum Gasteiger partial charge on any atom is 0.319 e. The van der Waals surface area contributed by atoms with Gasteiger partial charge in [0.05, 0.1) is 0 Å². The van der Waals surface area contributed by atoms with Crippen LogP contribution in [0.5, 0.6) is 0 Å². The van der Waals surface area contributed by atoms with Crippen LogP contribution in [0.15, 0.2) is 48.5 Å². The molecule has 0 aliphatic carbocycles. The molecule has 2 fully saturated rings. The number of urea groups is 2. The molecule has 36 heavy (non-hydrogen) atoms. The summed E-state index contributed by atoms with van der Waals surface area (Å²) in [6.45, 7) is 4.46. The highest BCUT2D eigenvalue weighted by molar-refractivity contribution is 5.89. The van der Waals surface area contributed by atoms with E-state index >= 15 is 0 Å². The third kappa shape index (κ3) is 5.37. The Labute approximate surface area is 216 Å². The lowest BCUT2D eigenvalue weighted by Gasteiger charge is -2.37. The van der Waals surface area contributed by atoms with Gasteiger partial charge in [-0.05, 0) is 36.8 Å². The Balaban J connectivity index is 1.52.